The molecule has 9 heteroatoms. The quantitative estimate of drug-likeness (QED) is 0.558. The number of ether oxygens (including phenoxy) is 2. The van der Waals surface area contributed by atoms with Crippen LogP contribution in [0.25, 0.3) is 0 Å². The molecule has 31 heavy (non-hydrogen) atoms. The summed E-state index contributed by atoms with van der Waals surface area (Å²) in [6.45, 7) is 1.42. The zero-order valence-corrected chi connectivity index (χ0v) is 17.3. The van der Waals surface area contributed by atoms with Crippen LogP contribution in [0.2, 0.25) is 0 Å². The number of carbonyl (C=O) groups excluding carboxylic acids is 1. The van der Waals surface area contributed by atoms with E-state index >= 15 is 0 Å². The van der Waals surface area contributed by atoms with E-state index in [9.17, 15) is 13.6 Å². The predicted molar refractivity (Wildman–Crippen MR) is 113 cm³/mol. The van der Waals surface area contributed by atoms with Crippen molar-refractivity contribution in [3.63, 3.8) is 0 Å². The Morgan fingerprint density at radius 3 is 2.10 bits per heavy atom. The Bertz CT molecular complexity index is 1050. The van der Waals surface area contributed by atoms with Crippen molar-refractivity contribution in [3.05, 3.63) is 65.5 Å². The number of anilines is 3. The van der Waals surface area contributed by atoms with Gasteiger partial charge in [-0.3, -0.25) is 4.79 Å². The van der Waals surface area contributed by atoms with Crippen molar-refractivity contribution in [1.29, 1.82) is 0 Å². The zero-order chi connectivity index (χ0) is 22.4. The lowest BCUT2D eigenvalue weighted by Crippen LogP contribution is -2.08. The van der Waals surface area contributed by atoms with Crippen LogP contribution < -0.4 is 20.1 Å². The van der Waals surface area contributed by atoms with Crippen LogP contribution in [0.1, 0.15) is 18.1 Å². The van der Waals surface area contributed by atoms with Gasteiger partial charge in [0, 0.05) is 30.9 Å². The van der Waals surface area contributed by atoms with Crippen molar-refractivity contribution >= 4 is 23.2 Å². The van der Waals surface area contributed by atoms with E-state index < -0.39 is 11.6 Å². The van der Waals surface area contributed by atoms with Crippen molar-refractivity contribution in [3.8, 4) is 11.5 Å². The molecule has 0 saturated heterocycles. The molecule has 0 fully saturated rings. The van der Waals surface area contributed by atoms with Gasteiger partial charge in [0.25, 0.3) is 0 Å². The van der Waals surface area contributed by atoms with Crippen LogP contribution in [0.15, 0.2) is 42.7 Å². The minimum absolute atomic E-state index is 0.0761. The maximum atomic E-state index is 14.5. The second-order valence-corrected chi connectivity index (χ2v) is 6.65. The Hall–Kier alpha value is -3.75. The molecule has 7 nitrogen and oxygen atoms in total. The fraction of sp³-hybridized carbons (Fsp3) is 0.227. The summed E-state index contributed by atoms with van der Waals surface area (Å²) in [5.74, 6) is -1.55. The minimum atomic E-state index is -0.755. The Balaban J connectivity index is 1.72. The Morgan fingerprint density at radius 2 is 1.55 bits per heavy atom. The van der Waals surface area contributed by atoms with Gasteiger partial charge in [0.2, 0.25) is 11.9 Å². The standard InChI is InChI=1S/C22H22F2N4O3/c1-13(29)27-16-6-4-5-7-17(16)28-22-25-11-14(12-26-22)8-9-15-20(23)18(30-2)10-19(31-3)21(15)24/h4-7,10-12H,8-9H2,1-3H3,(H,27,29)(H,25,26,28). The lowest BCUT2D eigenvalue weighted by Gasteiger charge is -2.13. The Kier molecular flexibility index (Phi) is 6.96. The number of hydrogen-bond acceptors (Lipinski definition) is 6. The van der Waals surface area contributed by atoms with Crippen LogP contribution >= 0.6 is 0 Å². The van der Waals surface area contributed by atoms with Crippen LogP contribution in [-0.4, -0.2) is 30.1 Å². The second kappa shape index (κ2) is 9.84. The van der Waals surface area contributed by atoms with E-state index in [0.717, 1.165) is 0 Å². The summed E-state index contributed by atoms with van der Waals surface area (Å²) in [5.41, 5.74) is 1.81. The Morgan fingerprint density at radius 1 is 0.968 bits per heavy atom. The number of para-hydroxylation sites is 2. The van der Waals surface area contributed by atoms with Crippen molar-refractivity contribution in [1.82, 2.24) is 9.97 Å². The van der Waals surface area contributed by atoms with Crippen LogP contribution in [0.5, 0.6) is 11.5 Å². The van der Waals surface area contributed by atoms with Crippen molar-refractivity contribution in [2.75, 3.05) is 24.9 Å². The fourth-order valence-corrected chi connectivity index (χ4v) is 2.99. The molecule has 1 amide bonds. The lowest BCUT2D eigenvalue weighted by atomic mass is 10.0. The molecule has 0 aliphatic rings. The summed E-state index contributed by atoms with van der Waals surface area (Å²) >= 11 is 0. The minimum Gasteiger partial charge on any atom is -0.494 e. The van der Waals surface area contributed by atoms with Crippen molar-refractivity contribution < 1.29 is 23.0 Å². The topological polar surface area (TPSA) is 85.4 Å². The highest BCUT2D eigenvalue weighted by Crippen LogP contribution is 2.32. The fourth-order valence-electron chi connectivity index (χ4n) is 2.99. The van der Waals surface area contributed by atoms with Crippen LogP contribution in [0.3, 0.4) is 0 Å². The Labute approximate surface area is 178 Å². The third-order valence-electron chi connectivity index (χ3n) is 4.52. The summed E-state index contributed by atoms with van der Waals surface area (Å²) in [6.07, 6.45) is 3.53. The molecule has 0 radical (unpaired) electrons. The van der Waals surface area contributed by atoms with Gasteiger partial charge < -0.3 is 20.1 Å². The first-order chi connectivity index (χ1) is 14.9. The zero-order valence-electron chi connectivity index (χ0n) is 17.3. The van der Waals surface area contributed by atoms with Crippen LogP contribution in [-0.2, 0) is 17.6 Å². The number of nitrogens with zero attached hydrogens (tertiary/aromatic N) is 2. The van der Waals surface area contributed by atoms with Crippen LogP contribution in [0.4, 0.5) is 26.1 Å². The molecule has 3 aromatic rings. The highest BCUT2D eigenvalue weighted by atomic mass is 19.1. The third-order valence-corrected chi connectivity index (χ3v) is 4.52. The van der Waals surface area contributed by atoms with Crippen molar-refractivity contribution in [2.24, 2.45) is 0 Å². The first-order valence-corrected chi connectivity index (χ1v) is 9.46. The number of aryl methyl sites for hydroxylation is 1. The second-order valence-electron chi connectivity index (χ2n) is 6.65. The first kappa shape index (κ1) is 21.9. The number of halogens is 2. The lowest BCUT2D eigenvalue weighted by molar-refractivity contribution is -0.114. The average molecular weight is 428 g/mol. The van der Waals surface area contributed by atoms with E-state index in [-0.39, 0.29) is 29.4 Å². The molecular formula is C22H22F2N4O3. The van der Waals surface area contributed by atoms with E-state index in [1.807, 2.05) is 6.07 Å². The summed E-state index contributed by atoms with van der Waals surface area (Å²) in [4.78, 5) is 19.8. The van der Waals surface area contributed by atoms with Gasteiger partial charge in [-0.05, 0) is 30.5 Å². The van der Waals surface area contributed by atoms with Gasteiger partial charge in [0.15, 0.2) is 23.1 Å². The summed E-state index contributed by atoms with van der Waals surface area (Å²) < 4.78 is 38.9. The molecular weight excluding hydrogens is 406 g/mol. The molecule has 1 aromatic heterocycles. The highest BCUT2D eigenvalue weighted by molar-refractivity contribution is 5.93. The van der Waals surface area contributed by atoms with Gasteiger partial charge in [-0.15, -0.1) is 0 Å². The van der Waals surface area contributed by atoms with Crippen LogP contribution in [0, 0.1) is 11.6 Å². The average Bonchev–Trinajstić information content (AvgIpc) is 2.76. The molecule has 3 rings (SSSR count). The summed E-state index contributed by atoms with van der Waals surface area (Å²) in [5, 5.41) is 5.76. The van der Waals surface area contributed by atoms with E-state index in [1.54, 1.807) is 30.6 Å². The van der Waals surface area contributed by atoms with E-state index in [1.165, 1.54) is 27.2 Å². The maximum absolute atomic E-state index is 14.5. The molecule has 0 aliphatic carbocycles. The molecule has 162 valence electrons. The van der Waals surface area contributed by atoms with Gasteiger partial charge in [0.1, 0.15) is 0 Å². The van der Waals surface area contributed by atoms with Gasteiger partial charge in [-0.25, -0.2) is 18.7 Å². The molecule has 1 heterocycles. The number of methoxy groups -OCH3 is 2. The van der Waals surface area contributed by atoms with Crippen molar-refractivity contribution in [2.45, 2.75) is 19.8 Å². The predicted octanol–water partition coefficient (Wildman–Crippen LogP) is 4.26. The molecule has 0 unspecified atom stereocenters. The number of amides is 1. The van der Waals surface area contributed by atoms with E-state index in [2.05, 4.69) is 20.6 Å². The number of rotatable bonds is 8. The normalized spacial score (nSPS) is 10.5. The smallest absolute Gasteiger partial charge is 0.227 e. The molecule has 0 atom stereocenters. The summed E-state index contributed by atoms with van der Waals surface area (Å²) in [6, 6.07) is 8.32. The number of hydrogen-bond donors (Lipinski definition) is 2. The number of benzene rings is 2. The van der Waals surface area contributed by atoms with Gasteiger partial charge >= 0.3 is 0 Å². The van der Waals surface area contributed by atoms with E-state index in [4.69, 9.17) is 9.47 Å². The highest BCUT2D eigenvalue weighted by Gasteiger charge is 2.19. The molecule has 2 aromatic carbocycles. The largest absolute Gasteiger partial charge is 0.494 e. The van der Waals surface area contributed by atoms with E-state index in [0.29, 0.717) is 29.3 Å². The number of carbonyl (C=O) groups is 1. The molecule has 0 aliphatic heterocycles. The number of aromatic nitrogens is 2. The SMILES string of the molecule is COc1cc(OC)c(F)c(CCc2cnc(Nc3ccccc3NC(C)=O)nc2)c1F. The number of nitrogens with one attached hydrogen (secondary N) is 2. The first-order valence-electron chi connectivity index (χ1n) is 9.46. The molecule has 0 spiro atoms. The van der Waals surface area contributed by atoms with Gasteiger partial charge in [-0.1, -0.05) is 12.1 Å². The monoisotopic (exact) mass is 428 g/mol. The molecule has 2 N–H and O–H groups in total. The molecule has 0 saturated carbocycles. The third kappa shape index (κ3) is 5.25. The maximum Gasteiger partial charge on any atom is 0.227 e. The van der Waals surface area contributed by atoms with Gasteiger partial charge in [-0.2, -0.15) is 0 Å². The van der Waals surface area contributed by atoms with Gasteiger partial charge in [0.05, 0.1) is 25.6 Å². The summed E-state index contributed by atoms with van der Waals surface area (Å²) in [7, 11) is 2.62. The molecule has 0 bridgehead atoms.